The summed E-state index contributed by atoms with van der Waals surface area (Å²) in [6.07, 6.45) is 3.70. The number of aromatic nitrogens is 6. The zero-order chi connectivity index (χ0) is 15.0. The molecular formula is C13H23N7. The summed E-state index contributed by atoms with van der Waals surface area (Å²) in [6, 6.07) is 0. The van der Waals surface area contributed by atoms with Crippen LogP contribution in [0.5, 0.6) is 0 Å². The topological polar surface area (TPSA) is 73.5 Å². The molecule has 0 saturated heterocycles. The Morgan fingerprint density at radius 2 is 1.85 bits per heavy atom. The van der Waals surface area contributed by atoms with E-state index in [9.17, 15) is 0 Å². The number of rotatable bonds is 4. The number of aryl methyl sites for hydroxylation is 1. The Hall–Kier alpha value is -1.76. The highest BCUT2D eigenvalue weighted by Gasteiger charge is 2.28. The van der Waals surface area contributed by atoms with E-state index < -0.39 is 0 Å². The van der Waals surface area contributed by atoms with Crippen LogP contribution < -0.4 is 5.32 Å². The fourth-order valence-corrected chi connectivity index (χ4v) is 2.28. The van der Waals surface area contributed by atoms with Crippen molar-refractivity contribution in [3.05, 3.63) is 23.8 Å². The minimum absolute atomic E-state index is 0.0131. The molecule has 2 rings (SSSR count). The molecule has 7 heteroatoms. The molecule has 0 saturated carbocycles. The van der Waals surface area contributed by atoms with Crippen molar-refractivity contribution in [2.24, 2.45) is 7.05 Å². The molecule has 0 unspecified atom stereocenters. The highest BCUT2D eigenvalue weighted by Crippen LogP contribution is 2.21. The van der Waals surface area contributed by atoms with E-state index in [4.69, 9.17) is 0 Å². The normalized spacial score (nSPS) is 12.9. The summed E-state index contributed by atoms with van der Waals surface area (Å²) in [4.78, 5) is 0. The van der Waals surface area contributed by atoms with E-state index in [0.29, 0.717) is 6.54 Å². The minimum atomic E-state index is -0.235. The second kappa shape index (κ2) is 4.97. The van der Waals surface area contributed by atoms with E-state index in [1.807, 2.05) is 13.2 Å². The molecular weight excluding hydrogens is 254 g/mol. The van der Waals surface area contributed by atoms with Gasteiger partial charge in [0.25, 0.3) is 0 Å². The van der Waals surface area contributed by atoms with Gasteiger partial charge in [0.15, 0.2) is 0 Å². The average Bonchev–Trinajstić information content (AvgIpc) is 2.86. The summed E-state index contributed by atoms with van der Waals surface area (Å²) in [7, 11) is 1.87. The van der Waals surface area contributed by atoms with E-state index >= 15 is 0 Å². The predicted octanol–water partition coefficient (Wildman–Crippen LogP) is 1.08. The Labute approximate surface area is 119 Å². The van der Waals surface area contributed by atoms with Gasteiger partial charge in [-0.05, 0) is 34.6 Å². The van der Waals surface area contributed by atoms with Crippen LogP contribution >= 0.6 is 0 Å². The Morgan fingerprint density at radius 1 is 1.15 bits per heavy atom. The van der Waals surface area contributed by atoms with E-state index in [0.717, 1.165) is 11.4 Å². The van der Waals surface area contributed by atoms with Crippen LogP contribution in [0.3, 0.4) is 0 Å². The Balaban J connectivity index is 2.14. The Kier molecular flexibility index (Phi) is 3.64. The van der Waals surface area contributed by atoms with Crippen molar-refractivity contribution >= 4 is 0 Å². The number of hydrogen-bond donors (Lipinski definition) is 1. The second-order valence-corrected chi connectivity index (χ2v) is 6.65. The van der Waals surface area contributed by atoms with Crippen LogP contribution in [0, 0.1) is 0 Å². The van der Waals surface area contributed by atoms with Gasteiger partial charge in [0.2, 0.25) is 0 Å². The first-order chi connectivity index (χ1) is 9.17. The first kappa shape index (κ1) is 14.6. The van der Waals surface area contributed by atoms with E-state index in [2.05, 4.69) is 60.6 Å². The summed E-state index contributed by atoms with van der Waals surface area (Å²) in [6.45, 7) is 11.3. The maximum Gasteiger partial charge on any atom is 0.102 e. The third-order valence-corrected chi connectivity index (χ3v) is 3.00. The lowest BCUT2D eigenvalue weighted by Crippen LogP contribution is -2.48. The van der Waals surface area contributed by atoms with Crippen LogP contribution in [0.25, 0.3) is 0 Å². The largest absolute Gasteiger partial charge is 0.302 e. The van der Waals surface area contributed by atoms with Crippen LogP contribution in [-0.4, -0.2) is 35.5 Å². The van der Waals surface area contributed by atoms with Crippen molar-refractivity contribution in [2.45, 2.75) is 52.2 Å². The van der Waals surface area contributed by atoms with Crippen molar-refractivity contribution < 1.29 is 0 Å². The molecule has 7 nitrogen and oxygen atoms in total. The fraction of sp³-hybridized carbons (Fsp3) is 0.692. The summed E-state index contributed by atoms with van der Waals surface area (Å²) >= 11 is 0. The van der Waals surface area contributed by atoms with E-state index in [-0.39, 0.29) is 11.1 Å². The van der Waals surface area contributed by atoms with Crippen LogP contribution in [-0.2, 0) is 19.1 Å². The standard InChI is InChI=1S/C13H23N7/c1-12(2,3)16-13(4,5)11-9-20(18-15-11)8-10-7-14-17-19(10)6/h7,9,16H,8H2,1-6H3. The third-order valence-electron chi connectivity index (χ3n) is 3.00. The lowest BCUT2D eigenvalue weighted by atomic mass is 9.96. The molecule has 0 fully saturated rings. The molecule has 0 aliphatic rings. The number of nitrogens with one attached hydrogen (secondary N) is 1. The molecule has 20 heavy (non-hydrogen) atoms. The molecule has 0 atom stereocenters. The molecule has 0 aromatic carbocycles. The molecule has 0 bridgehead atoms. The molecule has 0 aliphatic carbocycles. The van der Waals surface area contributed by atoms with Gasteiger partial charge >= 0.3 is 0 Å². The van der Waals surface area contributed by atoms with Gasteiger partial charge < -0.3 is 5.32 Å². The lowest BCUT2D eigenvalue weighted by molar-refractivity contribution is 0.280. The number of nitrogens with zero attached hydrogens (tertiary/aromatic N) is 6. The predicted molar refractivity (Wildman–Crippen MR) is 76.0 cm³/mol. The Bertz CT molecular complexity index is 574. The molecule has 0 amide bonds. The zero-order valence-corrected chi connectivity index (χ0v) is 13.0. The zero-order valence-electron chi connectivity index (χ0n) is 13.0. The van der Waals surface area contributed by atoms with Gasteiger partial charge in [-0.15, -0.1) is 10.2 Å². The average molecular weight is 277 g/mol. The van der Waals surface area contributed by atoms with E-state index in [1.165, 1.54) is 0 Å². The summed E-state index contributed by atoms with van der Waals surface area (Å²) < 4.78 is 3.54. The third kappa shape index (κ3) is 3.41. The maximum atomic E-state index is 4.28. The quantitative estimate of drug-likeness (QED) is 0.905. The first-order valence-corrected chi connectivity index (χ1v) is 6.71. The fourth-order valence-electron chi connectivity index (χ4n) is 2.28. The van der Waals surface area contributed by atoms with Gasteiger partial charge in [-0.2, -0.15) is 0 Å². The van der Waals surface area contributed by atoms with Crippen LogP contribution in [0.1, 0.15) is 46.0 Å². The summed E-state index contributed by atoms with van der Waals surface area (Å²) in [5.74, 6) is 0. The number of hydrogen-bond acceptors (Lipinski definition) is 5. The van der Waals surface area contributed by atoms with Crippen molar-refractivity contribution in [1.82, 2.24) is 35.3 Å². The molecule has 0 spiro atoms. The summed E-state index contributed by atoms with van der Waals surface area (Å²) in [5, 5.41) is 19.8. The monoisotopic (exact) mass is 277 g/mol. The van der Waals surface area contributed by atoms with Crippen molar-refractivity contribution in [3.8, 4) is 0 Å². The Morgan fingerprint density at radius 3 is 2.40 bits per heavy atom. The van der Waals surface area contributed by atoms with Gasteiger partial charge in [-0.25, -0.2) is 4.68 Å². The van der Waals surface area contributed by atoms with Crippen molar-refractivity contribution in [3.63, 3.8) is 0 Å². The van der Waals surface area contributed by atoms with Crippen LogP contribution in [0.2, 0.25) is 0 Å². The summed E-state index contributed by atoms with van der Waals surface area (Å²) in [5.41, 5.74) is 1.69. The van der Waals surface area contributed by atoms with Gasteiger partial charge in [-0.1, -0.05) is 10.4 Å². The first-order valence-electron chi connectivity index (χ1n) is 6.71. The molecule has 0 aliphatic heterocycles. The van der Waals surface area contributed by atoms with Gasteiger partial charge in [0, 0.05) is 12.6 Å². The molecule has 0 radical (unpaired) electrons. The maximum absolute atomic E-state index is 4.28. The molecule has 2 aromatic rings. The highest BCUT2D eigenvalue weighted by molar-refractivity contribution is 5.09. The van der Waals surface area contributed by atoms with Crippen LogP contribution in [0.4, 0.5) is 0 Å². The van der Waals surface area contributed by atoms with Crippen molar-refractivity contribution in [1.29, 1.82) is 0 Å². The molecule has 1 N–H and O–H groups in total. The second-order valence-electron chi connectivity index (χ2n) is 6.65. The van der Waals surface area contributed by atoms with Gasteiger partial charge in [0.1, 0.15) is 5.69 Å². The lowest BCUT2D eigenvalue weighted by Gasteiger charge is -2.33. The van der Waals surface area contributed by atoms with Gasteiger partial charge in [0.05, 0.1) is 30.2 Å². The molecule has 110 valence electrons. The van der Waals surface area contributed by atoms with Crippen molar-refractivity contribution in [2.75, 3.05) is 0 Å². The molecule has 2 aromatic heterocycles. The SMILES string of the molecule is Cn1nncc1Cn1cc(C(C)(C)NC(C)(C)C)nn1. The molecule has 2 heterocycles. The van der Waals surface area contributed by atoms with E-state index in [1.54, 1.807) is 15.6 Å². The smallest absolute Gasteiger partial charge is 0.102 e. The highest BCUT2D eigenvalue weighted by atomic mass is 15.5. The van der Waals surface area contributed by atoms with Crippen LogP contribution in [0.15, 0.2) is 12.4 Å². The minimum Gasteiger partial charge on any atom is -0.302 e. The van der Waals surface area contributed by atoms with Gasteiger partial charge in [-0.3, -0.25) is 4.68 Å².